The van der Waals surface area contributed by atoms with Crippen molar-refractivity contribution in [3.8, 4) is 5.75 Å². The van der Waals surface area contributed by atoms with Crippen molar-refractivity contribution in [1.82, 2.24) is 5.32 Å². The Morgan fingerprint density at radius 2 is 1.68 bits per heavy atom. The number of benzene rings is 2. The van der Waals surface area contributed by atoms with Crippen LogP contribution in [-0.2, 0) is 16.0 Å². The number of amides is 2. The molecule has 0 saturated heterocycles. The van der Waals surface area contributed by atoms with Gasteiger partial charge in [0.2, 0.25) is 11.8 Å². The van der Waals surface area contributed by atoms with Gasteiger partial charge in [-0.2, -0.15) is 0 Å². The Morgan fingerprint density at radius 1 is 1.00 bits per heavy atom. The molecule has 0 unspecified atom stereocenters. The summed E-state index contributed by atoms with van der Waals surface area (Å²) in [5.41, 5.74) is 3.80. The highest BCUT2D eigenvalue weighted by Crippen LogP contribution is 2.19. The number of hydrogen-bond acceptors (Lipinski definition) is 3. The van der Waals surface area contributed by atoms with Crippen LogP contribution in [0.5, 0.6) is 5.75 Å². The molecule has 2 rings (SSSR count). The first kappa shape index (κ1) is 18.5. The third-order valence-electron chi connectivity index (χ3n) is 3.94. The smallest absolute Gasteiger partial charge is 0.233 e. The minimum absolute atomic E-state index is 0.189. The van der Waals surface area contributed by atoms with E-state index in [1.807, 2.05) is 56.3 Å². The lowest BCUT2D eigenvalue weighted by Crippen LogP contribution is -2.29. The highest BCUT2D eigenvalue weighted by molar-refractivity contribution is 6.04. The van der Waals surface area contributed by atoms with Gasteiger partial charge in [-0.05, 0) is 49.1 Å². The topological polar surface area (TPSA) is 67.4 Å². The average Bonchev–Trinajstić information content (AvgIpc) is 2.58. The molecular formula is C20H24N2O3. The third kappa shape index (κ3) is 5.64. The minimum atomic E-state index is -0.309. The number of carbonyl (C=O) groups is 2. The standard InChI is InChI=1S/C20H24N2O3/c1-14-6-4-7-15(2)20(14)22-19(24)13-18(23)21-11-10-16-8-5-9-17(12-16)25-3/h4-9,12H,10-11,13H2,1-3H3,(H,21,23)(H,22,24). The van der Waals surface area contributed by atoms with Crippen LogP contribution in [-0.4, -0.2) is 25.5 Å². The van der Waals surface area contributed by atoms with Crippen molar-refractivity contribution in [3.63, 3.8) is 0 Å². The first-order valence-corrected chi connectivity index (χ1v) is 8.25. The number of para-hydroxylation sites is 1. The Balaban J connectivity index is 1.79. The monoisotopic (exact) mass is 340 g/mol. The van der Waals surface area contributed by atoms with Crippen LogP contribution >= 0.6 is 0 Å². The van der Waals surface area contributed by atoms with Gasteiger partial charge in [-0.15, -0.1) is 0 Å². The Morgan fingerprint density at radius 3 is 2.36 bits per heavy atom. The Bertz CT molecular complexity index is 736. The number of aryl methyl sites for hydroxylation is 2. The third-order valence-corrected chi connectivity index (χ3v) is 3.94. The fraction of sp³-hybridized carbons (Fsp3) is 0.300. The summed E-state index contributed by atoms with van der Waals surface area (Å²) in [7, 11) is 1.62. The lowest BCUT2D eigenvalue weighted by molar-refractivity contribution is -0.126. The molecule has 2 aromatic carbocycles. The van der Waals surface area contributed by atoms with Crippen molar-refractivity contribution >= 4 is 17.5 Å². The van der Waals surface area contributed by atoms with Crippen LogP contribution in [0.25, 0.3) is 0 Å². The van der Waals surface area contributed by atoms with E-state index in [-0.39, 0.29) is 18.2 Å². The van der Waals surface area contributed by atoms with E-state index in [9.17, 15) is 9.59 Å². The summed E-state index contributed by atoms with van der Waals surface area (Å²) in [5, 5.41) is 5.59. The predicted octanol–water partition coefficient (Wildman–Crippen LogP) is 3.00. The van der Waals surface area contributed by atoms with E-state index in [1.165, 1.54) is 0 Å². The molecule has 0 aromatic heterocycles. The van der Waals surface area contributed by atoms with Crippen molar-refractivity contribution in [1.29, 1.82) is 0 Å². The number of nitrogens with one attached hydrogen (secondary N) is 2. The zero-order valence-corrected chi connectivity index (χ0v) is 14.9. The summed E-state index contributed by atoms with van der Waals surface area (Å²) in [6, 6.07) is 13.5. The SMILES string of the molecule is COc1cccc(CCNC(=O)CC(=O)Nc2c(C)cccc2C)c1. The van der Waals surface area contributed by atoms with Crippen LogP contribution in [0.15, 0.2) is 42.5 Å². The van der Waals surface area contributed by atoms with Crippen molar-refractivity contribution < 1.29 is 14.3 Å². The first-order chi connectivity index (χ1) is 12.0. The van der Waals surface area contributed by atoms with Crippen molar-refractivity contribution in [3.05, 3.63) is 59.2 Å². The minimum Gasteiger partial charge on any atom is -0.497 e. The number of rotatable bonds is 7. The molecule has 5 nitrogen and oxygen atoms in total. The van der Waals surface area contributed by atoms with Gasteiger partial charge in [0.15, 0.2) is 0 Å². The summed E-state index contributed by atoms with van der Waals surface area (Å²) in [5.74, 6) is 0.194. The summed E-state index contributed by atoms with van der Waals surface area (Å²) in [6.07, 6.45) is 0.493. The van der Waals surface area contributed by atoms with E-state index in [0.29, 0.717) is 13.0 Å². The number of methoxy groups -OCH3 is 1. The zero-order chi connectivity index (χ0) is 18.2. The number of anilines is 1. The fourth-order valence-electron chi connectivity index (χ4n) is 2.58. The van der Waals surface area contributed by atoms with Gasteiger partial charge in [-0.3, -0.25) is 9.59 Å². The highest BCUT2D eigenvalue weighted by atomic mass is 16.5. The molecule has 2 aromatic rings. The van der Waals surface area contributed by atoms with E-state index in [1.54, 1.807) is 7.11 Å². The van der Waals surface area contributed by atoms with E-state index in [0.717, 1.165) is 28.1 Å². The fourth-order valence-corrected chi connectivity index (χ4v) is 2.58. The maximum absolute atomic E-state index is 12.1. The van der Waals surface area contributed by atoms with E-state index in [2.05, 4.69) is 10.6 Å². The molecule has 0 radical (unpaired) electrons. The molecule has 2 amide bonds. The number of hydrogen-bond donors (Lipinski definition) is 2. The Labute approximate surface area is 148 Å². The van der Waals surface area contributed by atoms with Crippen LogP contribution < -0.4 is 15.4 Å². The van der Waals surface area contributed by atoms with Crippen LogP contribution in [0, 0.1) is 13.8 Å². The second-order valence-corrected chi connectivity index (χ2v) is 5.94. The molecule has 25 heavy (non-hydrogen) atoms. The van der Waals surface area contributed by atoms with Crippen LogP contribution in [0.1, 0.15) is 23.1 Å². The van der Waals surface area contributed by atoms with Crippen LogP contribution in [0.3, 0.4) is 0 Å². The molecule has 0 aliphatic heterocycles. The second kappa shape index (κ2) is 8.87. The average molecular weight is 340 g/mol. The van der Waals surface area contributed by atoms with Gasteiger partial charge in [-0.25, -0.2) is 0 Å². The van der Waals surface area contributed by atoms with Gasteiger partial charge in [0.1, 0.15) is 12.2 Å². The van der Waals surface area contributed by atoms with Crippen molar-refractivity contribution in [2.75, 3.05) is 19.0 Å². The molecular weight excluding hydrogens is 316 g/mol. The molecule has 2 N–H and O–H groups in total. The summed E-state index contributed by atoms with van der Waals surface area (Å²) >= 11 is 0. The molecule has 132 valence electrons. The summed E-state index contributed by atoms with van der Waals surface area (Å²) < 4.78 is 5.17. The Hall–Kier alpha value is -2.82. The highest BCUT2D eigenvalue weighted by Gasteiger charge is 2.11. The maximum Gasteiger partial charge on any atom is 0.233 e. The van der Waals surface area contributed by atoms with Crippen molar-refractivity contribution in [2.45, 2.75) is 26.7 Å². The summed E-state index contributed by atoms with van der Waals surface area (Å²) in [6.45, 7) is 4.33. The van der Waals surface area contributed by atoms with E-state index < -0.39 is 0 Å². The van der Waals surface area contributed by atoms with Gasteiger partial charge in [0.25, 0.3) is 0 Å². The number of carbonyl (C=O) groups excluding carboxylic acids is 2. The molecule has 0 atom stereocenters. The lowest BCUT2D eigenvalue weighted by Gasteiger charge is -2.11. The summed E-state index contributed by atoms with van der Waals surface area (Å²) in [4.78, 5) is 24.0. The van der Waals surface area contributed by atoms with Gasteiger partial charge < -0.3 is 15.4 Å². The molecule has 5 heteroatoms. The van der Waals surface area contributed by atoms with E-state index in [4.69, 9.17) is 4.74 Å². The largest absolute Gasteiger partial charge is 0.497 e. The normalized spacial score (nSPS) is 10.2. The van der Waals surface area contributed by atoms with Gasteiger partial charge in [-0.1, -0.05) is 30.3 Å². The quantitative estimate of drug-likeness (QED) is 0.762. The molecule has 0 spiro atoms. The number of ether oxygens (including phenoxy) is 1. The maximum atomic E-state index is 12.1. The molecule has 0 aliphatic rings. The zero-order valence-electron chi connectivity index (χ0n) is 14.9. The molecule has 0 bridgehead atoms. The predicted molar refractivity (Wildman–Crippen MR) is 98.9 cm³/mol. The molecule has 0 aliphatic carbocycles. The van der Waals surface area contributed by atoms with Crippen molar-refractivity contribution in [2.24, 2.45) is 0 Å². The second-order valence-electron chi connectivity index (χ2n) is 5.94. The van der Waals surface area contributed by atoms with Crippen LogP contribution in [0.4, 0.5) is 5.69 Å². The molecule has 0 fully saturated rings. The first-order valence-electron chi connectivity index (χ1n) is 8.25. The van der Waals surface area contributed by atoms with Gasteiger partial charge in [0.05, 0.1) is 7.11 Å². The van der Waals surface area contributed by atoms with Gasteiger partial charge >= 0.3 is 0 Å². The Kier molecular flexibility index (Phi) is 6.57. The molecule has 0 heterocycles. The van der Waals surface area contributed by atoms with Crippen LogP contribution in [0.2, 0.25) is 0 Å². The lowest BCUT2D eigenvalue weighted by atomic mass is 10.1. The van der Waals surface area contributed by atoms with Gasteiger partial charge in [0, 0.05) is 12.2 Å². The van der Waals surface area contributed by atoms with E-state index >= 15 is 0 Å². The molecule has 0 saturated carbocycles.